The molecule has 0 aliphatic carbocycles. The van der Waals surface area contributed by atoms with Gasteiger partial charge in [0, 0.05) is 17.3 Å². The zero-order valence-corrected chi connectivity index (χ0v) is 11.5. The van der Waals surface area contributed by atoms with Crippen molar-refractivity contribution in [2.45, 2.75) is 6.92 Å². The first-order valence-electron chi connectivity index (χ1n) is 6.52. The number of anilines is 2. The summed E-state index contributed by atoms with van der Waals surface area (Å²) in [7, 11) is 0. The van der Waals surface area contributed by atoms with Crippen LogP contribution in [0.1, 0.15) is 16.1 Å². The topological polar surface area (TPSA) is 80.9 Å². The van der Waals surface area contributed by atoms with Crippen molar-refractivity contribution in [2.75, 3.05) is 11.1 Å². The summed E-state index contributed by atoms with van der Waals surface area (Å²) in [6.07, 6.45) is 3.00. The highest BCUT2D eigenvalue weighted by molar-refractivity contribution is 6.10. The fourth-order valence-electron chi connectivity index (χ4n) is 2.15. The van der Waals surface area contributed by atoms with E-state index in [0.29, 0.717) is 16.9 Å². The highest BCUT2D eigenvalue weighted by Gasteiger charge is 2.11. The minimum atomic E-state index is -0.272. The fourth-order valence-corrected chi connectivity index (χ4v) is 2.15. The lowest BCUT2D eigenvalue weighted by Gasteiger charge is -2.09. The SMILES string of the molecule is Cc1ccc2cccc(NC(=O)c3ccncc3N)c2n1. The summed E-state index contributed by atoms with van der Waals surface area (Å²) in [6.45, 7) is 1.92. The molecular formula is C16H14N4O. The summed E-state index contributed by atoms with van der Waals surface area (Å²) in [5.74, 6) is -0.272. The van der Waals surface area contributed by atoms with Crippen molar-refractivity contribution in [1.82, 2.24) is 9.97 Å². The van der Waals surface area contributed by atoms with Crippen molar-refractivity contribution in [3.05, 3.63) is 60.0 Å². The molecule has 3 N–H and O–H groups in total. The van der Waals surface area contributed by atoms with E-state index in [1.807, 2.05) is 37.3 Å². The molecule has 5 nitrogen and oxygen atoms in total. The molecule has 0 saturated carbocycles. The molecule has 2 heterocycles. The molecule has 0 aliphatic rings. The van der Waals surface area contributed by atoms with Gasteiger partial charge in [0.05, 0.1) is 28.7 Å². The normalized spacial score (nSPS) is 10.5. The maximum Gasteiger partial charge on any atom is 0.257 e. The van der Waals surface area contributed by atoms with Crippen molar-refractivity contribution in [3.63, 3.8) is 0 Å². The molecule has 104 valence electrons. The van der Waals surface area contributed by atoms with Gasteiger partial charge in [0.15, 0.2) is 0 Å². The Bertz CT molecular complexity index is 829. The van der Waals surface area contributed by atoms with Gasteiger partial charge in [0.2, 0.25) is 0 Å². The molecule has 2 aromatic heterocycles. The van der Waals surface area contributed by atoms with E-state index >= 15 is 0 Å². The summed E-state index contributed by atoms with van der Waals surface area (Å²) in [4.78, 5) is 20.7. The molecule has 5 heteroatoms. The van der Waals surface area contributed by atoms with Gasteiger partial charge in [-0.3, -0.25) is 14.8 Å². The van der Waals surface area contributed by atoms with Crippen LogP contribution in [-0.2, 0) is 0 Å². The molecule has 21 heavy (non-hydrogen) atoms. The first-order chi connectivity index (χ1) is 10.1. The van der Waals surface area contributed by atoms with E-state index in [1.54, 1.807) is 6.07 Å². The van der Waals surface area contributed by atoms with E-state index in [-0.39, 0.29) is 5.91 Å². The third-order valence-electron chi connectivity index (χ3n) is 3.20. The number of amides is 1. The van der Waals surface area contributed by atoms with Crippen LogP contribution < -0.4 is 11.1 Å². The Morgan fingerprint density at radius 3 is 2.86 bits per heavy atom. The molecule has 0 fully saturated rings. The molecular weight excluding hydrogens is 264 g/mol. The van der Waals surface area contributed by atoms with Gasteiger partial charge in [0.25, 0.3) is 5.91 Å². The Balaban J connectivity index is 2.00. The first kappa shape index (κ1) is 13.1. The smallest absolute Gasteiger partial charge is 0.257 e. The molecule has 0 radical (unpaired) electrons. The summed E-state index contributed by atoms with van der Waals surface area (Å²) in [5, 5.41) is 3.83. The van der Waals surface area contributed by atoms with Crippen LogP contribution >= 0.6 is 0 Å². The Kier molecular flexibility index (Phi) is 3.23. The molecule has 3 rings (SSSR count). The quantitative estimate of drug-likeness (QED) is 0.755. The van der Waals surface area contributed by atoms with Gasteiger partial charge in [-0.15, -0.1) is 0 Å². The van der Waals surface area contributed by atoms with Crippen molar-refractivity contribution >= 4 is 28.2 Å². The average molecular weight is 278 g/mol. The number of para-hydroxylation sites is 1. The fraction of sp³-hybridized carbons (Fsp3) is 0.0625. The van der Waals surface area contributed by atoms with Gasteiger partial charge in [-0.2, -0.15) is 0 Å². The van der Waals surface area contributed by atoms with Crippen molar-refractivity contribution in [3.8, 4) is 0 Å². The number of aryl methyl sites for hydroxylation is 1. The van der Waals surface area contributed by atoms with Gasteiger partial charge in [0.1, 0.15) is 0 Å². The summed E-state index contributed by atoms with van der Waals surface area (Å²) in [5.41, 5.74) is 8.84. The minimum absolute atomic E-state index is 0.272. The number of carbonyl (C=O) groups is 1. The Labute approximate surface area is 121 Å². The predicted molar refractivity (Wildman–Crippen MR) is 83.1 cm³/mol. The van der Waals surface area contributed by atoms with Gasteiger partial charge in [-0.25, -0.2) is 0 Å². The molecule has 0 bridgehead atoms. The Hall–Kier alpha value is -2.95. The van der Waals surface area contributed by atoms with E-state index < -0.39 is 0 Å². The highest BCUT2D eigenvalue weighted by atomic mass is 16.1. The molecule has 1 amide bonds. The first-order valence-corrected chi connectivity index (χ1v) is 6.52. The number of carbonyl (C=O) groups excluding carboxylic acids is 1. The molecule has 0 saturated heterocycles. The van der Waals surface area contributed by atoms with Crippen molar-refractivity contribution in [1.29, 1.82) is 0 Å². The number of hydrogen-bond donors (Lipinski definition) is 2. The summed E-state index contributed by atoms with van der Waals surface area (Å²) >= 11 is 0. The Morgan fingerprint density at radius 1 is 1.19 bits per heavy atom. The van der Waals surface area contributed by atoms with E-state index in [1.165, 1.54) is 12.4 Å². The van der Waals surface area contributed by atoms with Gasteiger partial charge in [-0.05, 0) is 25.1 Å². The van der Waals surface area contributed by atoms with Gasteiger partial charge in [-0.1, -0.05) is 18.2 Å². The number of nitrogens with two attached hydrogens (primary N) is 1. The number of benzene rings is 1. The van der Waals surface area contributed by atoms with Crippen LogP contribution in [0.25, 0.3) is 10.9 Å². The third-order valence-corrected chi connectivity index (χ3v) is 3.20. The summed E-state index contributed by atoms with van der Waals surface area (Å²) in [6, 6.07) is 11.2. The third kappa shape index (κ3) is 2.53. The standard InChI is InChI=1S/C16H14N4O/c1-10-5-6-11-3-2-4-14(15(11)19-10)20-16(21)12-7-8-18-9-13(12)17/h2-9H,17H2,1H3,(H,20,21). The number of hydrogen-bond acceptors (Lipinski definition) is 4. The van der Waals surface area contributed by atoms with Crippen LogP contribution in [0.5, 0.6) is 0 Å². The average Bonchev–Trinajstić information content (AvgIpc) is 2.48. The van der Waals surface area contributed by atoms with E-state index in [2.05, 4.69) is 15.3 Å². The zero-order chi connectivity index (χ0) is 14.8. The van der Waals surface area contributed by atoms with Crippen LogP contribution in [0.15, 0.2) is 48.8 Å². The van der Waals surface area contributed by atoms with Crippen molar-refractivity contribution < 1.29 is 4.79 Å². The maximum atomic E-state index is 12.3. The Morgan fingerprint density at radius 2 is 2.05 bits per heavy atom. The number of aromatic nitrogens is 2. The molecule has 0 spiro atoms. The van der Waals surface area contributed by atoms with Crippen LogP contribution in [-0.4, -0.2) is 15.9 Å². The molecule has 0 unspecified atom stereocenters. The molecule has 0 atom stereocenters. The molecule has 0 aliphatic heterocycles. The van der Waals surface area contributed by atoms with E-state index in [4.69, 9.17) is 5.73 Å². The van der Waals surface area contributed by atoms with E-state index in [9.17, 15) is 4.79 Å². The lowest BCUT2D eigenvalue weighted by Crippen LogP contribution is -2.14. The van der Waals surface area contributed by atoms with E-state index in [0.717, 1.165) is 16.6 Å². The van der Waals surface area contributed by atoms with Crippen molar-refractivity contribution in [2.24, 2.45) is 0 Å². The summed E-state index contributed by atoms with van der Waals surface area (Å²) < 4.78 is 0. The number of rotatable bonds is 2. The largest absolute Gasteiger partial charge is 0.397 e. The number of fused-ring (bicyclic) bond motifs is 1. The van der Waals surface area contributed by atoms with Crippen LogP contribution in [0.4, 0.5) is 11.4 Å². The number of pyridine rings is 2. The zero-order valence-electron chi connectivity index (χ0n) is 11.5. The second-order valence-corrected chi connectivity index (χ2v) is 4.75. The maximum absolute atomic E-state index is 12.3. The van der Waals surface area contributed by atoms with Crippen LogP contribution in [0.2, 0.25) is 0 Å². The van der Waals surface area contributed by atoms with Gasteiger partial charge >= 0.3 is 0 Å². The minimum Gasteiger partial charge on any atom is -0.397 e. The van der Waals surface area contributed by atoms with Gasteiger partial charge < -0.3 is 11.1 Å². The number of nitrogen functional groups attached to an aromatic ring is 1. The second kappa shape index (κ2) is 5.20. The number of nitrogens with zero attached hydrogens (tertiary/aromatic N) is 2. The number of nitrogens with one attached hydrogen (secondary N) is 1. The van der Waals surface area contributed by atoms with Crippen LogP contribution in [0.3, 0.4) is 0 Å². The van der Waals surface area contributed by atoms with Crippen LogP contribution in [0, 0.1) is 6.92 Å². The molecule has 1 aromatic carbocycles. The second-order valence-electron chi connectivity index (χ2n) is 4.75. The lowest BCUT2D eigenvalue weighted by atomic mass is 10.1. The monoisotopic (exact) mass is 278 g/mol. The predicted octanol–water partition coefficient (Wildman–Crippen LogP) is 2.77. The highest BCUT2D eigenvalue weighted by Crippen LogP contribution is 2.23. The lowest BCUT2D eigenvalue weighted by molar-refractivity contribution is 0.102. The molecule has 3 aromatic rings.